The molecule has 0 spiro atoms. The average Bonchev–Trinajstić information content (AvgIpc) is 2.79. The van der Waals surface area contributed by atoms with Crippen molar-refractivity contribution in [2.45, 2.75) is 46.5 Å². The molecule has 0 saturated heterocycles. The fourth-order valence-electron chi connectivity index (χ4n) is 4.17. The van der Waals surface area contributed by atoms with Crippen LogP contribution < -0.4 is 4.74 Å². The second-order valence-electron chi connectivity index (χ2n) is 7.84. The number of benzene rings is 3. The van der Waals surface area contributed by atoms with Gasteiger partial charge in [-0.1, -0.05) is 58.0 Å². The second kappa shape index (κ2) is 8.84. The van der Waals surface area contributed by atoms with Gasteiger partial charge in [-0.3, -0.25) is 4.79 Å². The highest BCUT2D eigenvalue weighted by Gasteiger charge is 2.42. The highest BCUT2D eigenvalue weighted by Crippen LogP contribution is 2.53. The molecule has 0 radical (unpaired) electrons. The number of ketones is 1. The standard InChI is InChI=1S/C25H24O4.C2H6/c1-4-15(2)24(28)18-7-5-6-8-19(18)25(3)20-11-9-16(26)13-22(20)29-23-14-17(27)10-12-21(23)25;1-2/h5-15,26-27H,4H2,1-3H3;1-2H3/p+1. The van der Waals surface area contributed by atoms with E-state index in [1.165, 1.54) is 0 Å². The van der Waals surface area contributed by atoms with E-state index in [2.05, 4.69) is 6.92 Å². The van der Waals surface area contributed by atoms with E-state index < -0.39 is 5.41 Å². The molecule has 1 heterocycles. The van der Waals surface area contributed by atoms with Crippen LogP contribution in [0.1, 0.15) is 68.1 Å². The van der Waals surface area contributed by atoms with Crippen LogP contribution >= 0.6 is 0 Å². The lowest BCUT2D eigenvalue weighted by Crippen LogP contribution is -2.32. The van der Waals surface area contributed by atoms with E-state index in [9.17, 15) is 9.90 Å². The number of carbonyl (C=O) groups is 1. The zero-order valence-electron chi connectivity index (χ0n) is 18.8. The maximum Gasteiger partial charge on any atom is 0.257 e. The Hall–Kier alpha value is -3.27. The molecule has 4 nitrogen and oxygen atoms in total. The van der Waals surface area contributed by atoms with Gasteiger partial charge in [0, 0.05) is 34.7 Å². The lowest BCUT2D eigenvalue weighted by molar-refractivity contribution is 0.0925. The van der Waals surface area contributed by atoms with Crippen molar-refractivity contribution in [3.05, 3.63) is 82.9 Å². The molecule has 4 heteroatoms. The van der Waals surface area contributed by atoms with Crippen LogP contribution in [0, 0.1) is 5.92 Å². The molecule has 0 bridgehead atoms. The molecule has 1 aliphatic heterocycles. The average molecular weight is 420 g/mol. The molecule has 0 amide bonds. The minimum atomic E-state index is -0.663. The van der Waals surface area contributed by atoms with Crippen LogP contribution in [0.25, 0.3) is 0 Å². The van der Waals surface area contributed by atoms with Crippen LogP contribution in [-0.4, -0.2) is 16.0 Å². The number of rotatable bonds is 4. The van der Waals surface area contributed by atoms with Crippen LogP contribution in [0.4, 0.5) is 0 Å². The molecule has 2 unspecified atom stereocenters. The van der Waals surface area contributed by atoms with Gasteiger partial charge in [-0.25, -0.2) is 0 Å². The van der Waals surface area contributed by atoms with Crippen molar-refractivity contribution in [1.82, 2.24) is 0 Å². The lowest BCUT2D eigenvalue weighted by Gasteiger charge is -2.39. The topological polar surface area (TPSA) is 69.4 Å². The number of hydrogen-bond acceptors (Lipinski definition) is 3. The SMILES string of the molecule is CC.CCC(C)C(=O)c1ccccc1C1(C)c2ccc(O)cc2Oc2cc([OH2+])ccc21. The molecular formula is C27H31O4+. The van der Waals surface area contributed by atoms with Crippen LogP contribution in [-0.2, 0) is 5.41 Å². The van der Waals surface area contributed by atoms with Gasteiger partial charge in [0.15, 0.2) is 5.78 Å². The van der Waals surface area contributed by atoms with Crippen LogP contribution in [0.3, 0.4) is 0 Å². The minimum Gasteiger partial charge on any atom is -0.593 e. The number of hydrogen-bond donors (Lipinski definition) is 1. The Bertz CT molecular complexity index is 1050. The molecule has 0 aromatic heterocycles. The Balaban J connectivity index is 0.00000132. The Kier molecular flexibility index (Phi) is 6.40. The monoisotopic (exact) mass is 419 g/mol. The number of phenolic OH excluding ortho intramolecular Hbond substituents is 1. The third kappa shape index (κ3) is 3.78. The van der Waals surface area contributed by atoms with Crippen molar-refractivity contribution in [3.8, 4) is 23.0 Å². The third-order valence-corrected chi connectivity index (χ3v) is 6.04. The van der Waals surface area contributed by atoms with E-state index in [0.717, 1.165) is 23.1 Å². The largest absolute Gasteiger partial charge is 0.593 e. The molecular weight excluding hydrogens is 388 g/mol. The Labute approximate surface area is 184 Å². The van der Waals surface area contributed by atoms with Gasteiger partial charge in [-0.2, -0.15) is 0 Å². The highest BCUT2D eigenvalue weighted by molar-refractivity contribution is 5.99. The van der Waals surface area contributed by atoms with Gasteiger partial charge in [0.25, 0.3) is 5.75 Å². The molecule has 3 aromatic rings. The van der Waals surface area contributed by atoms with Crippen LogP contribution in [0.2, 0.25) is 0 Å². The summed E-state index contributed by atoms with van der Waals surface area (Å²) in [7, 11) is 0. The van der Waals surface area contributed by atoms with Gasteiger partial charge in [0.05, 0.1) is 11.5 Å². The summed E-state index contributed by atoms with van der Waals surface area (Å²) in [6.07, 6.45) is 0.774. The number of Topliss-reactive ketones (excluding diaryl/α,β-unsaturated/α-hetero) is 1. The fourth-order valence-corrected chi connectivity index (χ4v) is 4.17. The summed E-state index contributed by atoms with van der Waals surface area (Å²) in [6, 6.07) is 18.1. The van der Waals surface area contributed by atoms with E-state index in [-0.39, 0.29) is 17.5 Å². The molecule has 0 saturated carbocycles. The van der Waals surface area contributed by atoms with E-state index in [1.54, 1.807) is 24.3 Å². The predicted octanol–water partition coefficient (Wildman–Crippen LogP) is 6.55. The highest BCUT2D eigenvalue weighted by atomic mass is 16.5. The summed E-state index contributed by atoms with van der Waals surface area (Å²) >= 11 is 0. The van der Waals surface area contributed by atoms with E-state index >= 15 is 0 Å². The van der Waals surface area contributed by atoms with Gasteiger partial charge in [0.2, 0.25) is 0 Å². The van der Waals surface area contributed by atoms with E-state index in [1.807, 2.05) is 64.1 Å². The number of carbonyl (C=O) groups excluding carboxylic acids is 1. The Morgan fingerprint density at radius 3 is 2.29 bits per heavy atom. The van der Waals surface area contributed by atoms with Gasteiger partial charge >= 0.3 is 0 Å². The molecule has 162 valence electrons. The lowest BCUT2D eigenvalue weighted by atomic mass is 9.67. The maximum atomic E-state index is 13.2. The first-order valence-corrected chi connectivity index (χ1v) is 10.9. The summed E-state index contributed by atoms with van der Waals surface area (Å²) in [6.45, 7) is 10.1. The number of aromatic hydroxyl groups is 1. The van der Waals surface area contributed by atoms with E-state index in [4.69, 9.17) is 9.84 Å². The molecule has 0 fully saturated rings. The molecule has 0 aliphatic carbocycles. The first-order valence-electron chi connectivity index (χ1n) is 10.9. The normalized spacial score (nSPS) is 17.3. The van der Waals surface area contributed by atoms with Crippen molar-refractivity contribution >= 4 is 5.78 Å². The van der Waals surface area contributed by atoms with Crippen molar-refractivity contribution in [3.63, 3.8) is 0 Å². The van der Waals surface area contributed by atoms with Gasteiger partial charge < -0.3 is 14.9 Å². The summed E-state index contributed by atoms with van der Waals surface area (Å²) in [4.78, 5) is 13.2. The van der Waals surface area contributed by atoms with Crippen molar-refractivity contribution < 1.29 is 19.7 Å². The summed E-state index contributed by atoms with van der Waals surface area (Å²) in [5.41, 5.74) is 2.72. The summed E-state index contributed by atoms with van der Waals surface area (Å²) in [5.74, 6) is 1.61. The first kappa shape index (κ1) is 22.4. The quantitative estimate of drug-likeness (QED) is 0.385. The zero-order chi connectivity index (χ0) is 22.8. The maximum absolute atomic E-state index is 13.2. The Morgan fingerprint density at radius 2 is 1.61 bits per heavy atom. The van der Waals surface area contributed by atoms with Crippen LogP contribution in [0.15, 0.2) is 60.7 Å². The number of phenols is 1. The van der Waals surface area contributed by atoms with Crippen LogP contribution in [0.5, 0.6) is 23.0 Å². The predicted molar refractivity (Wildman–Crippen MR) is 125 cm³/mol. The summed E-state index contributed by atoms with van der Waals surface area (Å²) < 4.78 is 6.06. The minimum absolute atomic E-state index is 0.0750. The van der Waals surface area contributed by atoms with Crippen molar-refractivity contribution in [2.75, 3.05) is 0 Å². The van der Waals surface area contributed by atoms with E-state index in [0.29, 0.717) is 22.8 Å². The number of ether oxygens (including phenoxy) is 1. The van der Waals surface area contributed by atoms with Gasteiger partial charge in [-0.15, -0.1) is 0 Å². The molecule has 1 aliphatic rings. The van der Waals surface area contributed by atoms with Crippen molar-refractivity contribution in [1.29, 1.82) is 0 Å². The molecule has 2 atom stereocenters. The number of fused-ring (bicyclic) bond motifs is 2. The third-order valence-electron chi connectivity index (χ3n) is 6.04. The van der Waals surface area contributed by atoms with Crippen molar-refractivity contribution in [2.24, 2.45) is 5.92 Å². The second-order valence-corrected chi connectivity index (χ2v) is 7.84. The van der Waals surface area contributed by atoms with Gasteiger partial charge in [-0.05, 0) is 31.0 Å². The molecule has 3 N–H and O–H groups in total. The fraction of sp³-hybridized carbons (Fsp3) is 0.296. The molecule has 4 rings (SSSR count). The van der Waals surface area contributed by atoms with Gasteiger partial charge in [0.1, 0.15) is 17.2 Å². The molecule has 3 aromatic carbocycles. The zero-order valence-corrected chi connectivity index (χ0v) is 18.8. The Morgan fingerprint density at radius 1 is 1.00 bits per heavy atom. The summed E-state index contributed by atoms with van der Waals surface area (Å²) in [5, 5.41) is 18.0. The smallest absolute Gasteiger partial charge is 0.257 e. The first-order chi connectivity index (χ1) is 14.9. The molecule has 31 heavy (non-hydrogen) atoms.